The Bertz CT molecular complexity index is 927. The van der Waals surface area contributed by atoms with Gasteiger partial charge in [0.1, 0.15) is 5.75 Å². The molecule has 1 heterocycles. The van der Waals surface area contributed by atoms with Crippen LogP contribution in [0.4, 0.5) is 11.4 Å². The van der Waals surface area contributed by atoms with Crippen molar-refractivity contribution in [3.05, 3.63) is 54.1 Å². The fraction of sp³-hybridized carbons (Fsp3) is 0.318. The average Bonchev–Trinajstić information content (AvgIpc) is 3.10. The van der Waals surface area contributed by atoms with Gasteiger partial charge >= 0.3 is 5.97 Å². The summed E-state index contributed by atoms with van der Waals surface area (Å²) in [6.07, 6.45) is 0.109. The molecule has 0 aromatic heterocycles. The Labute approximate surface area is 169 Å². The van der Waals surface area contributed by atoms with Crippen LogP contribution in [0.25, 0.3) is 0 Å². The summed E-state index contributed by atoms with van der Waals surface area (Å²) in [5.41, 5.74) is 1.78. The van der Waals surface area contributed by atoms with Crippen LogP contribution in [0, 0.1) is 5.92 Å². The van der Waals surface area contributed by atoms with Crippen LogP contribution in [0.15, 0.2) is 48.5 Å². The lowest BCUT2D eigenvalue weighted by molar-refractivity contribution is -0.138. The number of ether oxygens (including phenoxy) is 1. The van der Waals surface area contributed by atoms with E-state index in [1.807, 2.05) is 19.1 Å². The van der Waals surface area contributed by atoms with E-state index < -0.39 is 17.8 Å². The predicted octanol–water partition coefficient (Wildman–Crippen LogP) is 3.27. The van der Waals surface area contributed by atoms with Crippen molar-refractivity contribution in [3.8, 4) is 5.75 Å². The van der Waals surface area contributed by atoms with E-state index in [0.29, 0.717) is 29.3 Å². The second-order valence-electron chi connectivity index (χ2n) is 6.98. The number of nitrogens with zero attached hydrogens (tertiary/aromatic N) is 1. The first-order valence-corrected chi connectivity index (χ1v) is 9.56. The molecule has 7 nitrogen and oxygen atoms in total. The van der Waals surface area contributed by atoms with Crippen molar-refractivity contribution in [2.75, 3.05) is 23.4 Å². The lowest BCUT2D eigenvalue weighted by Gasteiger charge is -2.20. The van der Waals surface area contributed by atoms with Crippen LogP contribution in [-0.2, 0) is 14.4 Å². The highest BCUT2D eigenvalue weighted by atomic mass is 16.5. The van der Waals surface area contributed by atoms with Crippen molar-refractivity contribution in [2.45, 2.75) is 26.2 Å². The quantitative estimate of drug-likeness (QED) is 0.749. The molecular weight excluding hydrogens is 372 g/mol. The summed E-state index contributed by atoms with van der Waals surface area (Å²) in [5, 5.41) is 12.0. The maximum Gasteiger partial charge on any atom is 0.310 e. The van der Waals surface area contributed by atoms with E-state index in [0.717, 1.165) is 0 Å². The molecule has 2 unspecified atom stereocenters. The maximum atomic E-state index is 12.7. The average molecular weight is 396 g/mol. The molecule has 2 amide bonds. The van der Waals surface area contributed by atoms with Crippen LogP contribution in [0.1, 0.15) is 31.7 Å². The number of para-hydroxylation sites is 2. The molecule has 1 saturated heterocycles. The van der Waals surface area contributed by atoms with Gasteiger partial charge < -0.3 is 20.1 Å². The first kappa shape index (κ1) is 20.4. The second kappa shape index (κ2) is 8.77. The van der Waals surface area contributed by atoms with Crippen molar-refractivity contribution in [3.63, 3.8) is 0 Å². The minimum absolute atomic E-state index is 0.109. The largest absolute Gasteiger partial charge is 0.492 e. The van der Waals surface area contributed by atoms with Crippen LogP contribution in [0.2, 0.25) is 0 Å². The molecule has 29 heavy (non-hydrogen) atoms. The molecule has 0 aliphatic carbocycles. The van der Waals surface area contributed by atoms with Crippen molar-refractivity contribution in [1.29, 1.82) is 0 Å². The number of benzene rings is 2. The SMILES string of the molecule is CCOc1ccccc1N1CC(C(=O)Nc2cccc(C(C)C(=O)O)c2)CC1=O. The van der Waals surface area contributed by atoms with Crippen molar-refractivity contribution >= 4 is 29.2 Å². The van der Waals surface area contributed by atoms with E-state index in [4.69, 9.17) is 9.84 Å². The molecule has 7 heteroatoms. The molecule has 0 saturated carbocycles. The molecule has 2 aromatic carbocycles. The number of nitrogens with one attached hydrogen (secondary N) is 1. The summed E-state index contributed by atoms with van der Waals surface area (Å²) < 4.78 is 5.60. The fourth-order valence-electron chi connectivity index (χ4n) is 3.35. The van der Waals surface area contributed by atoms with Gasteiger partial charge in [0.15, 0.2) is 0 Å². The zero-order valence-corrected chi connectivity index (χ0v) is 16.4. The van der Waals surface area contributed by atoms with Gasteiger partial charge in [0, 0.05) is 18.7 Å². The van der Waals surface area contributed by atoms with Crippen LogP contribution in [-0.4, -0.2) is 36.0 Å². The summed E-state index contributed by atoms with van der Waals surface area (Å²) in [5.74, 6) is -1.90. The molecular formula is C22H24N2O5. The van der Waals surface area contributed by atoms with Gasteiger partial charge in [-0.15, -0.1) is 0 Å². The number of amides is 2. The second-order valence-corrected chi connectivity index (χ2v) is 6.98. The smallest absolute Gasteiger partial charge is 0.310 e. The van der Waals surface area contributed by atoms with E-state index >= 15 is 0 Å². The molecule has 1 aliphatic rings. The van der Waals surface area contributed by atoms with Crippen LogP contribution in [0.3, 0.4) is 0 Å². The summed E-state index contributed by atoms with van der Waals surface area (Å²) in [7, 11) is 0. The molecule has 0 radical (unpaired) electrons. The van der Waals surface area contributed by atoms with E-state index in [1.54, 1.807) is 48.2 Å². The Kier molecular flexibility index (Phi) is 6.16. The topological polar surface area (TPSA) is 95.9 Å². The van der Waals surface area contributed by atoms with Gasteiger partial charge in [0.25, 0.3) is 0 Å². The lowest BCUT2D eigenvalue weighted by Crippen LogP contribution is -2.28. The first-order valence-electron chi connectivity index (χ1n) is 9.56. The van der Waals surface area contributed by atoms with E-state index in [1.165, 1.54) is 0 Å². The third-order valence-corrected chi connectivity index (χ3v) is 4.98. The number of carboxylic acid groups (broad SMARTS) is 1. The lowest BCUT2D eigenvalue weighted by atomic mass is 10.0. The van der Waals surface area contributed by atoms with Crippen molar-refractivity contribution < 1.29 is 24.2 Å². The van der Waals surface area contributed by atoms with Crippen LogP contribution in [0.5, 0.6) is 5.75 Å². The third kappa shape index (κ3) is 4.56. The Balaban J connectivity index is 1.72. The van der Waals surface area contributed by atoms with Crippen molar-refractivity contribution in [1.82, 2.24) is 0 Å². The Morgan fingerprint density at radius 1 is 1.24 bits per heavy atom. The normalized spacial score (nSPS) is 17.1. The highest BCUT2D eigenvalue weighted by Gasteiger charge is 2.36. The number of carbonyl (C=O) groups excluding carboxylic acids is 2. The van der Waals surface area contributed by atoms with Gasteiger partial charge in [0.05, 0.1) is 24.1 Å². The zero-order valence-electron chi connectivity index (χ0n) is 16.4. The monoisotopic (exact) mass is 396 g/mol. The summed E-state index contributed by atoms with van der Waals surface area (Å²) in [6.45, 7) is 4.21. The third-order valence-electron chi connectivity index (χ3n) is 4.98. The van der Waals surface area contributed by atoms with E-state index in [2.05, 4.69) is 5.32 Å². The maximum absolute atomic E-state index is 12.7. The standard InChI is InChI=1S/C22H24N2O5/c1-3-29-19-10-5-4-9-18(19)24-13-16(12-20(24)25)21(26)23-17-8-6-7-15(11-17)14(2)22(27)28/h4-11,14,16H,3,12-13H2,1-2H3,(H,23,26)(H,27,28). The Hall–Kier alpha value is -3.35. The molecule has 2 aromatic rings. The number of hydrogen-bond acceptors (Lipinski definition) is 4. The molecule has 0 bridgehead atoms. The number of carboxylic acids is 1. The van der Waals surface area contributed by atoms with Crippen molar-refractivity contribution in [2.24, 2.45) is 5.92 Å². The fourth-order valence-corrected chi connectivity index (χ4v) is 3.35. The predicted molar refractivity (Wildman–Crippen MR) is 109 cm³/mol. The summed E-state index contributed by atoms with van der Waals surface area (Å²) in [6, 6.07) is 14.0. The number of rotatable bonds is 7. The van der Waals surface area contributed by atoms with Crippen LogP contribution >= 0.6 is 0 Å². The van der Waals surface area contributed by atoms with Gasteiger partial charge in [-0.1, -0.05) is 24.3 Å². The summed E-state index contributed by atoms with van der Waals surface area (Å²) in [4.78, 5) is 38.0. The van der Waals surface area contributed by atoms with E-state index in [9.17, 15) is 14.4 Å². The Morgan fingerprint density at radius 3 is 2.72 bits per heavy atom. The van der Waals surface area contributed by atoms with E-state index in [-0.39, 0.29) is 24.8 Å². The number of carbonyl (C=O) groups is 3. The molecule has 1 fully saturated rings. The Morgan fingerprint density at radius 2 is 2.00 bits per heavy atom. The first-order chi connectivity index (χ1) is 13.9. The van der Waals surface area contributed by atoms with Gasteiger partial charge in [-0.05, 0) is 43.7 Å². The highest BCUT2D eigenvalue weighted by Crippen LogP contribution is 2.33. The van der Waals surface area contributed by atoms with Gasteiger partial charge in [-0.25, -0.2) is 0 Å². The molecule has 1 aliphatic heterocycles. The molecule has 0 spiro atoms. The molecule has 2 atom stereocenters. The van der Waals surface area contributed by atoms with Gasteiger partial charge in [-0.2, -0.15) is 0 Å². The number of aliphatic carboxylic acids is 1. The van der Waals surface area contributed by atoms with Gasteiger partial charge in [-0.3, -0.25) is 14.4 Å². The minimum atomic E-state index is -0.932. The molecule has 152 valence electrons. The molecule has 3 rings (SSSR count). The zero-order chi connectivity index (χ0) is 21.0. The summed E-state index contributed by atoms with van der Waals surface area (Å²) >= 11 is 0. The van der Waals surface area contributed by atoms with Gasteiger partial charge in [0.2, 0.25) is 11.8 Å². The van der Waals surface area contributed by atoms with Crippen LogP contribution < -0.4 is 15.0 Å². The molecule has 2 N–H and O–H groups in total. The number of hydrogen-bond donors (Lipinski definition) is 2. The highest BCUT2D eigenvalue weighted by molar-refractivity contribution is 6.04. The minimum Gasteiger partial charge on any atom is -0.492 e. The number of anilines is 2.